The molecule has 4 nitrogen and oxygen atoms in total. The van der Waals surface area contributed by atoms with Crippen molar-refractivity contribution in [3.05, 3.63) is 0 Å². The topological polar surface area (TPSA) is 72.2 Å². The monoisotopic (exact) mass is 234 g/mol. The van der Waals surface area contributed by atoms with Gasteiger partial charge in [0.2, 0.25) is 10.0 Å². The van der Waals surface area contributed by atoms with Crippen molar-refractivity contribution in [1.29, 1.82) is 0 Å². The van der Waals surface area contributed by atoms with Gasteiger partial charge in [-0.05, 0) is 37.1 Å². The largest absolute Gasteiger partial charge is 0.330 e. The summed E-state index contributed by atoms with van der Waals surface area (Å²) < 4.78 is 25.9. The highest BCUT2D eigenvalue weighted by Crippen LogP contribution is 2.30. The lowest BCUT2D eigenvalue weighted by Gasteiger charge is -2.24. The van der Waals surface area contributed by atoms with Gasteiger partial charge in [0, 0.05) is 6.54 Å². The van der Waals surface area contributed by atoms with E-state index in [1.807, 2.05) is 13.8 Å². The van der Waals surface area contributed by atoms with Crippen molar-refractivity contribution in [3.63, 3.8) is 0 Å². The Balaban J connectivity index is 2.33. The standard InChI is InChI=1S/C10H22N2O2S/c1-10(2,5-6-11)8-12-15(13,14)7-9-3-4-9/h9,12H,3-8,11H2,1-2H3. The lowest BCUT2D eigenvalue weighted by Crippen LogP contribution is -2.36. The van der Waals surface area contributed by atoms with Crippen LogP contribution in [0.15, 0.2) is 0 Å². The third-order valence-corrected chi connectivity index (χ3v) is 4.24. The van der Waals surface area contributed by atoms with Crippen molar-refractivity contribution in [2.24, 2.45) is 17.1 Å². The van der Waals surface area contributed by atoms with Crippen LogP contribution in [-0.4, -0.2) is 27.3 Å². The third kappa shape index (κ3) is 5.49. The minimum absolute atomic E-state index is 0.0502. The molecule has 1 rings (SSSR count). The molecule has 1 aliphatic rings. The van der Waals surface area contributed by atoms with E-state index < -0.39 is 10.0 Å². The van der Waals surface area contributed by atoms with E-state index in [4.69, 9.17) is 5.73 Å². The molecule has 1 aliphatic carbocycles. The molecule has 0 aromatic carbocycles. The normalized spacial score (nSPS) is 18.1. The molecule has 0 heterocycles. The van der Waals surface area contributed by atoms with Gasteiger partial charge in [-0.1, -0.05) is 13.8 Å². The van der Waals surface area contributed by atoms with Crippen LogP contribution in [0.25, 0.3) is 0 Å². The summed E-state index contributed by atoms with van der Waals surface area (Å²) in [6.45, 7) is 5.13. The van der Waals surface area contributed by atoms with Crippen molar-refractivity contribution in [3.8, 4) is 0 Å². The van der Waals surface area contributed by atoms with Gasteiger partial charge in [0.25, 0.3) is 0 Å². The van der Waals surface area contributed by atoms with Crippen LogP contribution in [0.3, 0.4) is 0 Å². The van der Waals surface area contributed by atoms with Gasteiger partial charge >= 0.3 is 0 Å². The summed E-state index contributed by atoms with van der Waals surface area (Å²) in [4.78, 5) is 0. The molecule has 0 amide bonds. The maximum atomic E-state index is 11.6. The molecule has 0 aromatic rings. The smallest absolute Gasteiger partial charge is 0.211 e. The quantitative estimate of drug-likeness (QED) is 0.681. The first-order valence-corrected chi connectivity index (χ1v) is 7.17. The molecule has 0 aliphatic heterocycles. The molecule has 0 atom stereocenters. The lowest BCUT2D eigenvalue weighted by atomic mass is 9.90. The Hall–Kier alpha value is -0.130. The summed E-state index contributed by atoms with van der Waals surface area (Å²) in [5.74, 6) is 0.700. The molecule has 0 bridgehead atoms. The van der Waals surface area contributed by atoms with Crippen molar-refractivity contribution in [1.82, 2.24) is 4.72 Å². The lowest BCUT2D eigenvalue weighted by molar-refractivity contribution is 0.340. The van der Waals surface area contributed by atoms with Crippen LogP contribution in [0.1, 0.15) is 33.1 Å². The molecule has 0 spiro atoms. The molecule has 90 valence electrons. The van der Waals surface area contributed by atoms with E-state index in [0.717, 1.165) is 19.3 Å². The fourth-order valence-electron chi connectivity index (χ4n) is 1.44. The summed E-state index contributed by atoms with van der Waals surface area (Å²) in [6.07, 6.45) is 2.96. The number of sulfonamides is 1. The summed E-state index contributed by atoms with van der Waals surface area (Å²) in [7, 11) is -3.06. The van der Waals surface area contributed by atoms with Crippen LogP contribution in [0.4, 0.5) is 0 Å². The van der Waals surface area contributed by atoms with Gasteiger partial charge < -0.3 is 5.73 Å². The zero-order chi connectivity index (χ0) is 11.5. The van der Waals surface area contributed by atoms with E-state index >= 15 is 0 Å². The second kappa shape index (κ2) is 4.80. The minimum atomic E-state index is -3.06. The van der Waals surface area contributed by atoms with Crippen LogP contribution in [-0.2, 0) is 10.0 Å². The molecule has 1 saturated carbocycles. The van der Waals surface area contributed by atoms with E-state index in [0.29, 0.717) is 24.8 Å². The van der Waals surface area contributed by atoms with E-state index in [9.17, 15) is 8.42 Å². The van der Waals surface area contributed by atoms with Gasteiger partial charge in [-0.15, -0.1) is 0 Å². The summed E-state index contributed by atoms with van der Waals surface area (Å²) >= 11 is 0. The maximum absolute atomic E-state index is 11.6. The van der Waals surface area contributed by atoms with Gasteiger partial charge in [-0.25, -0.2) is 13.1 Å². The Labute approximate surface area is 92.7 Å². The SMILES string of the molecule is CC(C)(CCN)CNS(=O)(=O)CC1CC1. The number of nitrogens with two attached hydrogens (primary N) is 1. The van der Waals surface area contributed by atoms with Crippen LogP contribution >= 0.6 is 0 Å². The predicted octanol–water partition coefficient (Wildman–Crippen LogP) is 0.691. The Bertz CT molecular complexity index is 295. The fraction of sp³-hybridized carbons (Fsp3) is 1.00. The van der Waals surface area contributed by atoms with E-state index in [-0.39, 0.29) is 5.41 Å². The Morgan fingerprint density at radius 3 is 2.47 bits per heavy atom. The number of nitrogens with one attached hydrogen (secondary N) is 1. The Kier molecular flexibility index (Phi) is 4.14. The van der Waals surface area contributed by atoms with Crippen molar-refractivity contribution < 1.29 is 8.42 Å². The average molecular weight is 234 g/mol. The fourth-order valence-corrected chi connectivity index (χ4v) is 3.12. The highest BCUT2D eigenvalue weighted by atomic mass is 32.2. The van der Waals surface area contributed by atoms with E-state index in [2.05, 4.69) is 4.72 Å². The van der Waals surface area contributed by atoms with E-state index in [1.54, 1.807) is 0 Å². The molecule has 0 unspecified atom stereocenters. The number of hydrogen-bond acceptors (Lipinski definition) is 3. The second-order valence-electron chi connectivity index (χ2n) is 5.25. The molecular formula is C10H22N2O2S. The summed E-state index contributed by atoms with van der Waals surface area (Å²) in [5, 5.41) is 0. The van der Waals surface area contributed by atoms with Gasteiger partial charge in [-0.3, -0.25) is 0 Å². The van der Waals surface area contributed by atoms with Gasteiger partial charge in [-0.2, -0.15) is 0 Å². The first-order chi connectivity index (χ1) is 6.85. The maximum Gasteiger partial charge on any atom is 0.211 e. The zero-order valence-electron chi connectivity index (χ0n) is 9.62. The Morgan fingerprint density at radius 2 is 2.00 bits per heavy atom. The molecule has 1 fully saturated rings. The molecule has 5 heteroatoms. The van der Waals surface area contributed by atoms with Crippen LogP contribution in [0, 0.1) is 11.3 Å². The molecule has 15 heavy (non-hydrogen) atoms. The summed E-state index contributed by atoms with van der Waals surface area (Å²) in [5.41, 5.74) is 5.42. The molecule has 0 saturated heterocycles. The van der Waals surface area contributed by atoms with Crippen molar-refractivity contribution in [2.75, 3.05) is 18.8 Å². The third-order valence-electron chi connectivity index (χ3n) is 2.74. The average Bonchev–Trinajstić information content (AvgIpc) is 2.85. The summed E-state index contributed by atoms with van der Waals surface area (Å²) in [6, 6.07) is 0. The van der Waals surface area contributed by atoms with Crippen LogP contribution in [0.5, 0.6) is 0 Å². The second-order valence-corrected chi connectivity index (χ2v) is 7.10. The van der Waals surface area contributed by atoms with Gasteiger partial charge in [0.15, 0.2) is 0 Å². The minimum Gasteiger partial charge on any atom is -0.330 e. The number of hydrogen-bond donors (Lipinski definition) is 2. The number of rotatable bonds is 7. The highest BCUT2D eigenvalue weighted by Gasteiger charge is 2.29. The molecule has 0 aromatic heterocycles. The van der Waals surface area contributed by atoms with Gasteiger partial charge in [0.1, 0.15) is 0 Å². The van der Waals surface area contributed by atoms with Crippen LogP contribution < -0.4 is 10.5 Å². The first kappa shape index (κ1) is 12.9. The molecule has 3 N–H and O–H groups in total. The van der Waals surface area contributed by atoms with Crippen LogP contribution in [0.2, 0.25) is 0 Å². The van der Waals surface area contributed by atoms with Crippen molar-refractivity contribution >= 4 is 10.0 Å². The van der Waals surface area contributed by atoms with Gasteiger partial charge in [0.05, 0.1) is 5.75 Å². The predicted molar refractivity (Wildman–Crippen MR) is 62.0 cm³/mol. The van der Waals surface area contributed by atoms with E-state index in [1.165, 1.54) is 0 Å². The molecular weight excluding hydrogens is 212 g/mol. The van der Waals surface area contributed by atoms with Crippen molar-refractivity contribution in [2.45, 2.75) is 33.1 Å². The first-order valence-electron chi connectivity index (χ1n) is 5.52. The molecule has 0 radical (unpaired) electrons. The Morgan fingerprint density at radius 1 is 1.40 bits per heavy atom. The highest BCUT2D eigenvalue weighted by molar-refractivity contribution is 7.89. The zero-order valence-corrected chi connectivity index (χ0v) is 10.4.